The lowest BCUT2D eigenvalue weighted by atomic mass is 10.3. The molecule has 0 spiro atoms. The van der Waals surface area contributed by atoms with Gasteiger partial charge in [-0.2, -0.15) is 0 Å². The van der Waals surface area contributed by atoms with Gasteiger partial charge in [0.2, 0.25) is 5.91 Å². The van der Waals surface area contributed by atoms with E-state index in [9.17, 15) is 9.59 Å². The zero-order chi connectivity index (χ0) is 13.5. The molecule has 1 rings (SSSR count). The summed E-state index contributed by atoms with van der Waals surface area (Å²) in [6, 6.07) is 0. The van der Waals surface area contributed by atoms with Crippen LogP contribution in [0, 0.1) is 0 Å². The Morgan fingerprint density at radius 3 is 2.78 bits per heavy atom. The van der Waals surface area contributed by atoms with Gasteiger partial charge in [-0.05, 0) is 6.42 Å². The van der Waals surface area contributed by atoms with Crippen molar-refractivity contribution in [3.63, 3.8) is 0 Å². The number of ether oxygens (including phenoxy) is 1. The van der Waals surface area contributed by atoms with Crippen LogP contribution in [-0.4, -0.2) is 42.0 Å². The molecule has 0 saturated carbocycles. The van der Waals surface area contributed by atoms with Crippen molar-refractivity contribution in [1.29, 1.82) is 0 Å². The summed E-state index contributed by atoms with van der Waals surface area (Å²) in [4.78, 5) is 28.7. The Morgan fingerprint density at radius 2 is 2.28 bits per heavy atom. The summed E-state index contributed by atoms with van der Waals surface area (Å²) in [5, 5.41) is 2.18. The quantitative estimate of drug-likeness (QED) is 0.769. The lowest BCUT2D eigenvalue weighted by Gasteiger charge is -2.20. The Balaban J connectivity index is 2.61. The summed E-state index contributed by atoms with van der Waals surface area (Å²) < 4.78 is 4.57. The number of hydrogen-bond acceptors (Lipinski definition) is 6. The summed E-state index contributed by atoms with van der Waals surface area (Å²) in [5.41, 5.74) is 6.13. The molecule has 0 aliphatic heterocycles. The number of esters is 1. The van der Waals surface area contributed by atoms with E-state index in [1.54, 1.807) is 5.38 Å². The average molecular weight is 271 g/mol. The van der Waals surface area contributed by atoms with Crippen LogP contribution in [0.4, 0.5) is 5.13 Å². The molecule has 1 aromatic heterocycles. The molecule has 7 heteroatoms. The third-order valence-electron chi connectivity index (χ3n) is 2.30. The number of carbonyl (C=O) groups is 2. The Labute approximate surface area is 110 Å². The number of thiazole rings is 1. The first-order valence-corrected chi connectivity index (χ1v) is 6.49. The Hall–Kier alpha value is -1.63. The van der Waals surface area contributed by atoms with Crippen LogP contribution in [-0.2, 0) is 20.7 Å². The van der Waals surface area contributed by atoms with Gasteiger partial charge in [0, 0.05) is 11.9 Å². The first-order valence-electron chi connectivity index (χ1n) is 5.61. The van der Waals surface area contributed by atoms with Gasteiger partial charge in [-0.25, -0.2) is 4.98 Å². The van der Waals surface area contributed by atoms with Crippen molar-refractivity contribution in [1.82, 2.24) is 9.88 Å². The normalized spacial score (nSPS) is 10.1. The molecule has 1 amide bonds. The van der Waals surface area contributed by atoms with Crippen LogP contribution in [0.15, 0.2) is 5.38 Å². The highest BCUT2D eigenvalue weighted by atomic mass is 32.1. The minimum absolute atomic E-state index is 0.0250. The molecule has 100 valence electrons. The van der Waals surface area contributed by atoms with Gasteiger partial charge in [-0.3, -0.25) is 9.59 Å². The lowest BCUT2D eigenvalue weighted by molar-refractivity contribution is -0.146. The van der Waals surface area contributed by atoms with Crippen molar-refractivity contribution in [3.8, 4) is 0 Å². The molecule has 0 bridgehead atoms. The maximum absolute atomic E-state index is 12.0. The summed E-state index contributed by atoms with van der Waals surface area (Å²) in [5.74, 6) is -0.567. The monoisotopic (exact) mass is 271 g/mol. The van der Waals surface area contributed by atoms with Gasteiger partial charge in [0.1, 0.15) is 6.54 Å². The SMILES string of the molecule is CCCN(CC(=O)OC)C(=O)Cc1csc(N)n1. The van der Waals surface area contributed by atoms with Gasteiger partial charge >= 0.3 is 5.97 Å². The number of nitrogens with zero attached hydrogens (tertiary/aromatic N) is 2. The third-order valence-corrected chi connectivity index (χ3v) is 3.02. The van der Waals surface area contributed by atoms with Gasteiger partial charge in [0.25, 0.3) is 0 Å². The maximum Gasteiger partial charge on any atom is 0.325 e. The average Bonchev–Trinajstić information content (AvgIpc) is 2.73. The summed E-state index contributed by atoms with van der Waals surface area (Å²) in [7, 11) is 1.30. The van der Waals surface area contributed by atoms with Crippen molar-refractivity contribution < 1.29 is 14.3 Å². The van der Waals surface area contributed by atoms with Crippen LogP contribution < -0.4 is 5.73 Å². The molecule has 0 aromatic carbocycles. The van der Waals surface area contributed by atoms with Gasteiger partial charge in [0.05, 0.1) is 19.2 Å². The Morgan fingerprint density at radius 1 is 1.56 bits per heavy atom. The first-order chi connectivity index (χ1) is 8.56. The fraction of sp³-hybridized carbons (Fsp3) is 0.545. The second kappa shape index (κ2) is 6.95. The molecule has 0 saturated heterocycles. The van der Waals surface area contributed by atoms with Crippen molar-refractivity contribution in [2.75, 3.05) is 25.9 Å². The van der Waals surface area contributed by atoms with Crippen molar-refractivity contribution in [2.45, 2.75) is 19.8 Å². The second-order valence-corrected chi connectivity index (χ2v) is 4.63. The predicted molar refractivity (Wildman–Crippen MR) is 69.1 cm³/mol. The maximum atomic E-state index is 12.0. The molecule has 0 aliphatic carbocycles. The molecular formula is C11H17N3O3S. The highest BCUT2D eigenvalue weighted by Gasteiger charge is 2.18. The molecular weight excluding hydrogens is 254 g/mol. The fourth-order valence-electron chi connectivity index (χ4n) is 1.45. The lowest BCUT2D eigenvalue weighted by Crippen LogP contribution is -2.37. The number of rotatable bonds is 6. The fourth-order valence-corrected chi connectivity index (χ4v) is 2.02. The van der Waals surface area contributed by atoms with Crippen LogP contribution >= 0.6 is 11.3 Å². The van der Waals surface area contributed by atoms with Crippen LogP contribution in [0.1, 0.15) is 19.0 Å². The van der Waals surface area contributed by atoms with E-state index in [1.807, 2.05) is 6.92 Å². The molecule has 0 aliphatic rings. The van der Waals surface area contributed by atoms with Crippen LogP contribution in [0.2, 0.25) is 0 Å². The summed E-state index contributed by atoms with van der Waals surface area (Å²) in [6.45, 7) is 2.44. The van der Waals surface area contributed by atoms with E-state index < -0.39 is 5.97 Å². The van der Waals surface area contributed by atoms with Gasteiger partial charge < -0.3 is 15.4 Å². The number of aromatic nitrogens is 1. The minimum Gasteiger partial charge on any atom is -0.468 e. The van der Waals surface area contributed by atoms with E-state index in [1.165, 1.54) is 23.3 Å². The van der Waals surface area contributed by atoms with Crippen molar-refractivity contribution >= 4 is 28.3 Å². The second-order valence-electron chi connectivity index (χ2n) is 3.75. The summed E-state index contributed by atoms with van der Waals surface area (Å²) in [6.07, 6.45) is 0.937. The molecule has 18 heavy (non-hydrogen) atoms. The van der Waals surface area contributed by atoms with E-state index in [2.05, 4.69) is 9.72 Å². The van der Waals surface area contributed by atoms with Crippen molar-refractivity contribution in [2.24, 2.45) is 0 Å². The zero-order valence-corrected chi connectivity index (χ0v) is 11.3. The third kappa shape index (κ3) is 4.33. The first kappa shape index (κ1) is 14.4. The van der Waals surface area contributed by atoms with Gasteiger partial charge in [-0.1, -0.05) is 6.92 Å². The number of nitrogens with two attached hydrogens (primary N) is 1. The summed E-state index contributed by atoms with van der Waals surface area (Å²) >= 11 is 1.29. The molecule has 1 aromatic rings. The molecule has 0 radical (unpaired) electrons. The number of nitrogen functional groups attached to an aromatic ring is 1. The standard InChI is InChI=1S/C11H17N3O3S/c1-3-4-14(6-10(16)17-2)9(15)5-8-7-18-11(12)13-8/h7H,3-6H2,1-2H3,(H2,12,13). The van der Waals surface area contributed by atoms with Gasteiger partial charge in [-0.15, -0.1) is 11.3 Å². The van der Waals surface area contributed by atoms with E-state index >= 15 is 0 Å². The number of methoxy groups -OCH3 is 1. The van der Waals surface area contributed by atoms with Crippen molar-refractivity contribution in [3.05, 3.63) is 11.1 Å². The van der Waals surface area contributed by atoms with Gasteiger partial charge in [0.15, 0.2) is 5.13 Å². The molecule has 0 fully saturated rings. The predicted octanol–water partition coefficient (Wildman–Crippen LogP) is 0.679. The molecule has 6 nitrogen and oxygen atoms in total. The van der Waals surface area contributed by atoms with E-state index in [0.717, 1.165) is 6.42 Å². The number of carbonyl (C=O) groups excluding carboxylic acids is 2. The molecule has 2 N–H and O–H groups in total. The highest BCUT2D eigenvalue weighted by Crippen LogP contribution is 2.12. The largest absolute Gasteiger partial charge is 0.468 e. The molecule has 0 unspecified atom stereocenters. The molecule has 0 atom stereocenters. The van der Waals surface area contributed by atoms with Crippen LogP contribution in [0.25, 0.3) is 0 Å². The Bertz CT molecular complexity index is 419. The van der Waals surface area contributed by atoms with Crippen LogP contribution in [0.5, 0.6) is 0 Å². The van der Waals surface area contributed by atoms with E-state index in [0.29, 0.717) is 17.4 Å². The highest BCUT2D eigenvalue weighted by molar-refractivity contribution is 7.13. The van der Waals surface area contributed by atoms with Crippen LogP contribution in [0.3, 0.4) is 0 Å². The number of hydrogen-bond donors (Lipinski definition) is 1. The van der Waals surface area contributed by atoms with E-state index in [4.69, 9.17) is 5.73 Å². The van der Waals surface area contributed by atoms with E-state index in [-0.39, 0.29) is 18.9 Å². The minimum atomic E-state index is -0.422. The number of anilines is 1. The number of amides is 1. The zero-order valence-electron chi connectivity index (χ0n) is 10.5. The Kier molecular flexibility index (Phi) is 5.57. The smallest absolute Gasteiger partial charge is 0.325 e. The topological polar surface area (TPSA) is 85.5 Å². The molecule has 1 heterocycles.